The zero-order valence-corrected chi connectivity index (χ0v) is 18.9. The number of anilines is 1. The second-order valence-corrected chi connectivity index (χ2v) is 8.85. The quantitative estimate of drug-likeness (QED) is 0.341. The molecule has 0 saturated heterocycles. The molecule has 0 saturated carbocycles. The molecular formula is C24H22ClN3O2S. The lowest BCUT2D eigenvalue weighted by Crippen LogP contribution is -2.34. The smallest absolute Gasteiger partial charge is 0.267 e. The number of nitrogens with zero attached hydrogens (tertiary/aromatic N) is 3. The van der Waals surface area contributed by atoms with Crippen LogP contribution >= 0.6 is 22.9 Å². The van der Waals surface area contributed by atoms with E-state index in [1.165, 1.54) is 16.9 Å². The molecule has 0 fully saturated rings. The molecule has 0 unspecified atom stereocenters. The number of carbonyl (C=O) groups is 1. The molecule has 1 amide bonds. The minimum Gasteiger partial charge on any atom is -0.484 e. The summed E-state index contributed by atoms with van der Waals surface area (Å²) < 4.78 is 6.71. The van der Waals surface area contributed by atoms with Crippen LogP contribution in [0.4, 0.5) is 5.13 Å². The molecule has 0 spiro atoms. The molecule has 0 N–H and O–H groups in total. The Hall–Kier alpha value is -2.96. The first kappa shape index (κ1) is 21.3. The highest BCUT2D eigenvalue weighted by Gasteiger charge is 2.21. The lowest BCUT2D eigenvalue weighted by atomic mass is 10.0. The van der Waals surface area contributed by atoms with Crippen LogP contribution in [0.2, 0.25) is 5.02 Å². The molecule has 0 bridgehead atoms. The van der Waals surface area contributed by atoms with Crippen molar-refractivity contribution >= 4 is 44.2 Å². The number of pyridine rings is 1. The molecule has 4 aromatic rings. The molecule has 0 aliphatic rings. The van der Waals surface area contributed by atoms with Gasteiger partial charge in [0.15, 0.2) is 11.7 Å². The lowest BCUT2D eigenvalue weighted by Gasteiger charge is -2.20. The summed E-state index contributed by atoms with van der Waals surface area (Å²) in [5, 5.41) is 1.14. The lowest BCUT2D eigenvalue weighted by molar-refractivity contribution is -0.120. The molecule has 31 heavy (non-hydrogen) atoms. The molecule has 158 valence electrons. The third-order valence-corrected chi connectivity index (χ3v) is 6.21. The van der Waals surface area contributed by atoms with Gasteiger partial charge in [0.2, 0.25) is 0 Å². The van der Waals surface area contributed by atoms with E-state index in [1.807, 2.05) is 48.5 Å². The molecule has 2 aromatic heterocycles. The van der Waals surface area contributed by atoms with Gasteiger partial charge in [-0.15, -0.1) is 0 Å². The minimum atomic E-state index is -0.188. The van der Waals surface area contributed by atoms with E-state index in [4.69, 9.17) is 16.3 Å². The van der Waals surface area contributed by atoms with Gasteiger partial charge in [0.1, 0.15) is 11.3 Å². The Labute approximate surface area is 190 Å². The third-order valence-electron chi connectivity index (χ3n) is 4.86. The Bertz CT molecular complexity index is 1180. The Morgan fingerprint density at radius 2 is 1.94 bits per heavy atom. The van der Waals surface area contributed by atoms with Crippen molar-refractivity contribution in [3.05, 3.63) is 83.1 Å². The summed E-state index contributed by atoms with van der Waals surface area (Å²) in [6.45, 7) is 4.53. The fourth-order valence-electron chi connectivity index (χ4n) is 3.13. The Morgan fingerprint density at radius 1 is 1.13 bits per heavy atom. The highest BCUT2D eigenvalue weighted by Crippen LogP contribution is 2.33. The van der Waals surface area contributed by atoms with E-state index in [2.05, 4.69) is 23.8 Å². The summed E-state index contributed by atoms with van der Waals surface area (Å²) in [4.78, 5) is 23.6. The number of carbonyl (C=O) groups excluding carboxylic acids is 1. The van der Waals surface area contributed by atoms with Gasteiger partial charge in [-0.1, -0.05) is 61.1 Å². The zero-order valence-electron chi connectivity index (χ0n) is 17.3. The van der Waals surface area contributed by atoms with Gasteiger partial charge in [-0.2, -0.15) is 0 Å². The van der Waals surface area contributed by atoms with Crippen LogP contribution in [0.25, 0.3) is 10.2 Å². The number of aromatic nitrogens is 2. The highest BCUT2D eigenvalue weighted by molar-refractivity contribution is 7.22. The standard InChI is InChI=1S/C24H22ClN3O2S/c1-16(2)18-8-10-19(11-9-18)30-15-22(29)28(14-17-5-4-12-26-13-17)24-27-23-20(25)6-3-7-21(23)31-24/h3-13,16H,14-15H2,1-2H3. The van der Waals surface area contributed by atoms with E-state index in [0.717, 1.165) is 10.3 Å². The first-order valence-electron chi connectivity index (χ1n) is 9.98. The first-order chi connectivity index (χ1) is 15.0. The predicted molar refractivity (Wildman–Crippen MR) is 126 cm³/mol. The van der Waals surface area contributed by atoms with Crippen LogP contribution in [-0.2, 0) is 11.3 Å². The second-order valence-electron chi connectivity index (χ2n) is 7.44. The molecule has 4 rings (SSSR count). The topological polar surface area (TPSA) is 55.3 Å². The number of rotatable bonds is 7. The van der Waals surface area contributed by atoms with Gasteiger partial charge in [-0.05, 0) is 47.4 Å². The molecular weight excluding hydrogens is 430 g/mol. The normalized spacial score (nSPS) is 11.1. The van der Waals surface area contributed by atoms with Crippen molar-refractivity contribution in [3.8, 4) is 5.75 Å². The molecule has 0 aliphatic carbocycles. The number of hydrogen-bond donors (Lipinski definition) is 0. The van der Waals surface area contributed by atoms with Gasteiger partial charge in [0, 0.05) is 12.4 Å². The monoisotopic (exact) mass is 451 g/mol. The molecule has 7 heteroatoms. The predicted octanol–water partition coefficient (Wildman–Crippen LogP) is 6.08. The van der Waals surface area contributed by atoms with Crippen molar-refractivity contribution in [2.24, 2.45) is 0 Å². The van der Waals surface area contributed by atoms with Gasteiger partial charge < -0.3 is 4.74 Å². The summed E-state index contributed by atoms with van der Waals surface area (Å²) in [6, 6.07) is 17.2. The van der Waals surface area contributed by atoms with Crippen molar-refractivity contribution in [2.75, 3.05) is 11.5 Å². The fourth-order valence-corrected chi connectivity index (χ4v) is 4.41. The minimum absolute atomic E-state index is 0.0923. The van der Waals surface area contributed by atoms with Crippen molar-refractivity contribution in [2.45, 2.75) is 26.3 Å². The maximum atomic E-state index is 13.2. The van der Waals surface area contributed by atoms with Crippen LogP contribution in [0.3, 0.4) is 0 Å². The van der Waals surface area contributed by atoms with Crippen LogP contribution < -0.4 is 9.64 Å². The van der Waals surface area contributed by atoms with Gasteiger partial charge in [-0.25, -0.2) is 4.98 Å². The van der Waals surface area contributed by atoms with Crippen molar-refractivity contribution in [1.82, 2.24) is 9.97 Å². The van der Waals surface area contributed by atoms with Crippen molar-refractivity contribution in [1.29, 1.82) is 0 Å². The maximum absolute atomic E-state index is 13.2. The van der Waals surface area contributed by atoms with Crippen LogP contribution in [0.5, 0.6) is 5.75 Å². The maximum Gasteiger partial charge on any atom is 0.267 e. The number of fused-ring (bicyclic) bond motifs is 1. The van der Waals surface area contributed by atoms with Crippen LogP contribution in [0.15, 0.2) is 67.0 Å². The molecule has 0 atom stereocenters. The number of benzene rings is 2. The average molecular weight is 452 g/mol. The third kappa shape index (κ3) is 5.03. The summed E-state index contributed by atoms with van der Waals surface area (Å²) in [7, 11) is 0. The molecule has 0 aliphatic heterocycles. The SMILES string of the molecule is CC(C)c1ccc(OCC(=O)N(Cc2cccnc2)c2nc3c(Cl)cccc3s2)cc1. The Morgan fingerprint density at radius 3 is 2.61 bits per heavy atom. The number of thiazole rings is 1. The first-order valence-corrected chi connectivity index (χ1v) is 11.2. The fraction of sp³-hybridized carbons (Fsp3) is 0.208. The average Bonchev–Trinajstić information content (AvgIpc) is 3.22. The second kappa shape index (κ2) is 9.45. The molecule has 0 radical (unpaired) electrons. The number of ether oxygens (including phenoxy) is 1. The number of para-hydroxylation sites is 1. The highest BCUT2D eigenvalue weighted by atomic mass is 35.5. The molecule has 2 aromatic carbocycles. The van der Waals surface area contributed by atoms with Crippen molar-refractivity contribution in [3.63, 3.8) is 0 Å². The Balaban J connectivity index is 1.57. The van der Waals surface area contributed by atoms with Crippen LogP contribution in [-0.4, -0.2) is 22.5 Å². The van der Waals surface area contributed by atoms with E-state index < -0.39 is 0 Å². The van der Waals surface area contributed by atoms with E-state index in [1.54, 1.807) is 23.4 Å². The van der Waals surface area contributed by atoms with E-state index >= 15 is 0 Å². The van der Waals surface area contributed by atoms with E-state index in [-0.39, 0.29) is 12.5 Å². The van der Waals surface area contributed by atoms with Gasteiger partial charge in [0.25, 0.3) is 5.91 Å². The number of halogens is 1. The number of amides is 1. The summed E-state index contributed by atoms with van der Waals surface area (Å²) >= 11 is 7.72. The summed E-state index contributed by atoms with van der Waals surface area (Å²) in [6.07, 6.45) is 3.45. The largest absolute Gasteiger partial charge is 0.484 e. The van der Waals surface area contributed by atoms with Crippen LogP contribution in [0, 0.1) is 0 Å². The van der Waals surface area contributed by atoms with Crippen LogP contribution in [0.1, 0.15) is 30.9 Å². The summed E-state index contributed by atoms with van der Waals surface area (Å²) in [5.41, 5.74) is 2.82. The molecule has 2 heterocycles. The van der Waals surface area contributed by atoms with E-state index in [9.17, 15) is 4.79 Å². The zero-order chi connectivity index (χ0) is 21.8. The number of hydrogen-bond acceptors (Lipinski definition) is 5. The van der Waals surface area contributed by atoms with Crippen molar-refractivity contribution < 1.29 is 9.53 Å². The van der Waals surface area contributed by atoms with Gasteiger partial charge >= 0.3 is 0 Å². The van der Waals surface area contributed by atoms with E-state index in [0.29, 0.717) is 33.9 Å². The summed E-state index contributed by atoms with van der Waals surface area (Å²) in [5.74, 6) is 0.912. The Kier molecular flexibility index (Phi) is 6.49. The molecule has 5 nitrogen and oxygen atoms in total. The van der Waals surface area contributed by atoms with Gasteiger partial charge in [-0.3, -0.25) is 14.7 Å². The van der Waals surface area contributed by atoms with Gasteiger partial charge in [0.05, 0.1) is 16.3 Å².